The zero-order valence-electron chi connectivity index (χ0n) is 15.6. The Morgan fingerprint density at radius 1 is 1.04 bits per heavy atom. The van der Waals surface area contributed by atoms with Crippen LogP contribution in [0.3, 0.4) is 0 Å². The number of rotatable bonds is 5. The van der Waals surface area contributed by atoms with Gasteiger partial charge in [-0.1, -0.05) is 23.8 Å². The highest BCUT2D eigenvalue weighted by Gasteiger charge is 2.26. The molecule has 0 aliphatic heterocycles. The van der Waals surface area contributed by atoms with Gasteiger partial charge in [-0.3, -0.25) is 4.79 Å². The third-order valence-electron chi connectivity index (χ3n) is 4.04. The lowest BCUT2D eigenvalue weighted by Crippen LogP contribution is -2.35. The van der Waals surface area contributed by atoms with Crippen LogP contribution in [0.15, 0.2) is 39.7 Å². The van der Waals surface area contributed by atoms with Crippen LogP contribution in [0.4, 0.5) is 5.69 Å². The summed E-state index contributed by atoms with van der Waals surface area (Å²) in [5, 5.41) is 2.74. The van der Waals surface area contributed by atoms with E-state index in [-0.39, 0.29) is 11.4 Å². The van der Waals surface area contributed by atoms with Gasteiger partial charge in [0.05, 0.1) is 17.1 Å². The van der Waals surface area contributed by atoms with Gasteiger partial charge >= 0.3 is 0 Å². The van der Waals surface area contributed by atoms with Gasteiger partial charge in [-0.25, -0.2) is 8.42 Å². The number of nitrogens with zero attached hydrogens (tertiary/aromatic N) is 1. The Morgan fingerprint density at radius 2 is 1.62 bits per heavy atom. The van der Waals surface area contributed by atoms with Crippen molar-refractivity contribution >= 4 is 37.5 Å². The maximum Gasteiger partial charge on any atom is 0.243 e. The molecule has 0 aromatic heterocycles. The van der Waals surface area contributed by atoms with E-state index in [1.54, 1.807) is 19.9 Å². The van der Waals surface area contributed by atoms with E-state index in [2.05, 4.69) is 21.2 Å². The number of hydrogen-bond donors (Lipinski definition) is 1. The third kappa shape index (κ3) is 4.52. The highest BCUT2D eigenvalue weighted by molar-refractivity contribution is 9.10. The predicted molar refractivity (Wildman–Crippen MR) is 108 cm³/mol. The monoisotopic (exact) mass is 438 g/mol. The highest BCUT2D eigenvalue weighted by Crippen LogP contribution is 2.25. The van der Waals surface area contributed by atoms with E-state index in [4.69, 9.17) is 0 Å². The summed E-state index contributed by atoms with van der Waals surface area (Å²) in [6.45, 7) is 7.14. The van der Waals surface area contributed by atoms with Gasteiger partial charge in [0.25, 0.3) is 0 Å². The minimum absolute atomic E-state index is 0.259. The summed E-state index contributed by atoms with van der Waals surface area (Å²) in [5.41, 5.74) is 4.02. The van der Waals surface area contributed by atoms with Crippen LogP contribution in [-0.4, -0.2) is 32.2 Å². The first kappa shape index (κ1) is 20.6. The molecule has 0 unspecified atom stereocenters. The molecule has 0 saturated heterocycles. The van der Waals surface area contributed by atoms with E-state index in [1.807, 2.05) is 38.1 Å². The maximum absolute atomic E-state index is 12.9. The Hall–Kier alpha value is -1.70. The number of amides is 1. The number of halogens is 1. The fraction of sp³-hybridized carbons (Fsp3) is 0.316. The lowest BCUT2D eigenvalue weighted by atomic mass is 10.1. The molecular weight excluding hydrogens is 416 g/mol. The van der Waals surface area contributed by atoms with Gasteiger partial charge in [-0.2, -0.15) is 4.31 Å². The molecule has 0 saturated carbocycles. The first-order valence-corrected chi connectivity index (χ1v) is 10.4. The Kier molecular flexibility index (Phi) is 6.26. The van der Waals surface area contributed by atoms with E-state index in [9.17, 15) is 13.2 Å². The molecule has 5 nitrogen and oxygen atoms in total. The number of hydrogen-bond acceptors (Lipinski definition) is 3. The van der Waals surface area contributed by atoms with Crippen molar-refractivity contribution < 1.29 is 13.2 Å². The smallest absolute Gasteiger partial charge is 0.243 e. The average molecular weight is 439 g/mol. The predicted octanol–water partition coefficient (Wildman–Crippen LogP) is 3.94. The number of nitrogens with one attached hydrogen (secondary N) is 1. The normalized spacial score (nSPS) is 11.7. The number of aryl methyl sites for hydroxylation is 4. The van der Waals surface area contributed by atoms with E-state index in [1.165, 1.54) is 7.05 Å². The van der Waals surface area contributed by atoms with Crippen LogP contribution in [0, 0.1) is 27.7 Å². The number of likely N-dealkylation sites (N-methyl/N-ethyl adjacent to an activating group) is 1. The van der Waals surface area contributed by atoms with Crippen molar-refractivity contribution in [3.8, 4) is 0 Å². The molecule has 140 valence electrons. The average Bonchev–Trinajstić information content (AvgIpc) is 2.48. The maximum atomic E-state index is 12.9. The molecule has 0 fully saturated rings. The minimum Gasteiger partial charge on any atom is -0.324 e. The first-order valence-electron chi connectivity index (χ1n) is 8.12. The van der Waals surface area contributed by atoms with Crippen LogP contribution in [0.2, 0.25) is 0 Å². The molecule has 0 radical (unpaired) electrons. The second kappa shape index (κ2) is 7.90. The number of carbonyl (C=O) groups excluding carboxylic acids is 1. The van der Waals surface area contributed by atoms with Crippen molar-refractivity contribution in [1.29, 1.82) is 0 Å². The van der Waals surface area contributed by atoms with E-state index < -0.39 is 15.9 Å². The molecule has 2 aromatic rings. The molecular formula is C19H23BrN2O3S. The molecule has 0 aliphatic rings. The van der Waals surface area contributed by atoms with Crippen molar-refractivity contribution in [2.75, 3.05) is 18.9 Å². The van der Waals surface area contributed by atoms with Crippen LogP contribution in [0.25, 0.3) is 0 Å². The Bertz CT molecular complexity index is 932. The molecule has 2 aromatic carbocycles. The van der Waals surface area contributed by atoms with Crippen molar-refractivity contribution in [3.63, 3.8) is 0 Å². The molecule has 26 heavy (non-hydrogen) atoms. The van der Waals surface area contributed by atoms with Gasteiger partial charge < -0.3 is 5.32 Å². The van der Waals surface area contributed by atoms with Crippen LogP contribution < -0.4 is 5.32 Å². The summed E-state index contributed by atoms with van der Waals surface area (Å²) in [7, 11) is -2.35. The van der Waals surface area contributed by atoms with Crippen LogP contribution in [0.5, 0.6) is 0 Å². The molecule has 2 rings (SSSR count). The van der Waals surface area contributed by atoms with Crippen LogP contribution >= 0.6 is 15.9 Å². The standard InChI is InChI=1S/C19H23BrN2O3S/c1-12-6-7-17(16(20)10-12)21-18(23)11-22(5)26(24,25)19-14(3)8-13(2)9-15(19)4/h6-10H,11H2,1-5H3,(H,21,23). The summed E-state index contributed by atoms with van der Waals surface area (Å²) in [4.78, 5) is 12.6. The topological polar surface area (TPSA) is 66.5 Å². The largest absolute Gasteiger partial charge is 0.324 e. The number of carbonyl (C=O) groups is 1. The summed E-state index contributed by atoms with van der Waals surface area (Å²) < 4.78 is 27.7. The highest BCUT2D eigenvalue weighted by atomic mass is 79.9. The fourth-order valence-corrected chi connectivity index (χ4v) is 5.05. The number of anilines is 1. The Morgan fingerprint density at radius 3 is 2.15 bits per heavy atom. The lowest BCUT2D eigenvalue weighted by Gasteiger charge is -2.20. The molecule has 0 spiro atoms. The van der Waals surface area contributed by atoms with Crippen molar-refractivity contribution in [3.05, 3.63) is 57.1 Å². The molecule has 7 heteroatoms. The zero-order chi connectivity index (χ0) is 19.6. The summed E-state index contributed by atoms with van der Waals surface area (Å²) in [6.07, 6.45) is 0. The first-order chi connectivity index (χ1) is 12.0. The summed E-state index contributed by atoms with van der Waals surface area (Å²) in [5.74, 6) is -0.400. The fourth-order valence-electron chi connectivity index (χ4n) is 2.93. The van der Waals surface area contributed by atoms with Gasteiger partial charge in [0.15, 0.2) is 0 Å². The van der Waals surface area contributed by atoms with Crippen molar-refractivity contribution in [2.24, 2.45) is 0 Å². The molecule has 0 heterocycles. The SMILES string of the molecule is Cc1cc(C)c(S(=O)(=O)N(C)CC(=O)Nc2ccc(C)cc2Br)c(C)c1. The number of benzene rings is 2. The van der Waals surface area contributed by atoms with E-state index >= 15 is 0 Å². The molecule has 1 N–H and O–H groups in total. The minimum atomic E-state index is -3.76. The van der Waals surface area contributed by atoms with Crippen LogP contribution in [-0.2, 0) is 14.8 Å². The van der Waals surface area contributed by atoms with Gasteiger partial charge in [0.1, 0.15) is 0 Å². The molecule has 0 atom stereocenters. The Labute approximate surface area is 163 Å². The molecule has 0 aliphatic carbocycles. The summed E-state index contributed by atoms with van der Waals surface area (Å²) >= 11 is 3.40. The Balaban J connectivity index is 2.20. The zero-order valence-corrected chi connectivity index (χ0v) is 18.0. The van der Waals surface area contributed by atoms with E-state index in [0.29, 0.717) is 16.8 Å². The van der Waals surface area contributed by atoms with E-state index in [0.717, 1.165) is 19.9 Å². The van der Waals surface area contributed by atoms with Gasteiger partial charge in [0.2, 0.25) is 15.9 Å². The van der Waals surface area contributed by atoms with Crippen molar-refractivity contribution in [1.82, 2.24) is 4.31 Å². The second-order valence-electron chi connectivity index (χ2n) is 6.52. The van der Waals surface area contributed by atoms with Crippen molar-refractivity contribution in [2.45, 2.75) is 32.6 Å². The third-order valence-corrected chi connectivity index (χ3v) is 6.80. The van der Waals surface area contributed by atoms with Crippen LogP contribution in [0.1, 0.15) is 22.3 Å². The molecule has 1 amide bonds. The van der Waals surface area contributed by atoms with Gasteiger partial charge in [-0.05, 0) is 72.4 Å². The quantitative estimate of drug-likeness (QED) is 0.768. The van der Waals surface area contributed by atoms with Gasteiger partial charge in [-0.15, -0.1) is 0 Å². The summed E-state index contributed by atoms with van der Waals surface area (Å²) in [6, 6.07) is 9.20. The van der Waals surface area contributed by atoms with Gasteiger partial charge in [0, 0.05) is 11.5 Å². The lowest BCUT2D eigenvalue weighted by molar-refractivity contribution is -0.116. The number of sulfonamides is 1. The second-order valence-corrected chi connectivity index (χ2v) is 9.36. The molecule has 0 bridgehead atoms.